The second-order valence-corrected chi connectivity index (χ2v) is 5.66. The van der Waals surface area contributed by atoms with Crippen molar-refractivity contribution in [2.24, 2.45) is 10.5 Å². The van der Waals surface area contributed by atoms with Crippen LogP contribution in [0, 0.1) is 5.41 Å². The molecule has 0 atom stereocenters. The van der Waals surface area contributed by atoms with Gasteiger partial charge in [0.2, 0.25) is 0 Å². The summed E-state index contributed by atoms with van der Waals surface area (Å²) < 4.78 is 5.27. The van der Waals surface area contributed by atoms with Crippen LogP contribution in [0.15, 0.2) is 35.4 Å². The topological polar surface area (TPSA) is 78.3 Å². The van der Waals surface area contributed by atoms with Crippen LogP contribution in [0.5, 0.6) is 0 Å². The second kappa shape index (κ2) is 5.06. The highest BCUT2D eigenvalue weighted by Gasteiger charge is 2.53. The molecule has 1 saturated heterocycles. The average Bonchev–Trinajstić information content (AvgIpc) is 2.38. The van der Waals surface area contributed by atoms with Crippen molar-refractivity contribution in [3.63, 3.8) is 0 Å². The number of amides is 1. The molecule has 0 aromatic heterocycles. The third-order valence-corrected chi connectivity index (χ3v) is 4.07. The molecular formula is C14H16N4O2. The first kappa shape index (κ1) is 12.8. The highest BCUT2D eigenvalue weighted by atomic mass is 16.6. The number of benzene rings is 1. The lowest BCUT2D eigenvalue weighted by Gasteiger charge is -2.57. The monoisotopic (exact) mass is 272 g/mol. The van der Waals surface area contributed by atoms with Gasteiger partial charge in [0, 0.05) is 29.5 Å². The zero-order valence-corrected chi connectivity index (χ0v) is 11.1. The largest absolute Gasteiger partial charge is 0.445 e. The van der Waals surface area contributed by atoms with Crippen molar-refractivity contribution in [1.82, 2.24) is 4.90 Å². The maximum atomic E-state index is 11.9. The molecule has 1 aromatic rings. The van der Waals surface area contributed by atoms with Crippen molar-refractivity contribution in [3.8, 4) is 0 Å². The van der Waals surface area contributed by atoms with Crippen molar-refractivity contribution in [1.29, 1.82) is 0 Å². The summed E-state index contributed by atoms with van der Waals surface area (Å²) in [5, 5.41) is 3.70. The summed E-state index contributed by atoms with van der Waals surface area (Å²) in [6.07, 6.45) is 1.52. The van der Waals surface area contributed by atoms with Gasteiger partial charge in [0.25, 0.3) is 0 Å². The predicted octanol–water partition coefficient (Wildman–Crippen LogP) is 3.10. The zero-order valence-electron chi connectivity index (χ0n) is 11.1. The minimum absolute atomic E-state index is 0.113. The summed E-state index contributed by atoms with van der Waals surface area (Å²) in [5.74, 6) is 0. The molecule has 1 aromatic carbocycles. The first-order chi connectivity index (χ1) is 9.71. The number of hydrogen-bond acceptors (Lipinski definition) is 3. The molecule has 1 aliphatic carbocycles. The number of carbonyl (C=O) groups is 1. The number of ether oxygens (including phenoxy) is 1. The van der Waals surface area contributed by atoms with Gasteiger partial charge in [-0.3, -0.25) is 0 Å². The molecule has 1 amide bonds. The van der Waals surface area contributed by atoms with Gasteiger partial charge < -0.3 is 9.64 Å². The number of azide groups is 1. The first-order valence-electron chi connectivity index (χ1n) is 6.71. The minimum Gasteiger partial charge on any atom is -0.445 e. The van der Waals surface area contributed by atoms with E-state index < -0.39 is 0 Å². The van der Waals surface area contributed by atoms with Gasteiger partial charge in [0.05, 0.1) is 0 Å². The Balaban J connectivity index is 1.42. The van der Waals surface area contributed by atoms with Crippen LogP contribution in [0.3, 0.4) is 0 Å². The molecule has 6 heteroatoms. The SMILES string of the molecule is [N-]=[N+]=NC1CC2(C1)CN(C(=O)OCc1ccccc1)C2. The molecule has 0 radical (unpaired) electrons. The third kappa shape index (κ3) is 2.42. The molecule has 1 heterocycles. The zero-order chi connectivity index (χ0) is 14.0. The van der Waals surface area contributed by atoms with E-state index in [9.17, 15) is 4.79 Å². The highest BCUT2D eigenvalue weighted by molar-refractivity contribution is 5.69. The van der Waals surface area contributed by atoms with Crippen LogP contribution in [-0.2, 0) is 11.3 Å². The Morgan fingerprint density at radius 2 is 2.10 bits per heavy atom. The minimum atomic E-state index is -0.258. The molecule has 0 bridgehead atoms. The molecule has 0 N–H and O–H groups in total. The Morgan fingerprint density at radius 1 is 1.40 bits per heavy atom. The van der Waals surface area contributed by atoms with Crippen molar-refractivity contribution in [2.45, 2.75) is 25.5 Å². The molecule has 1 aliphatic heterocycles. The second-order valence-electron chi connectivity index (χ2n) is 5.66. The van der Waals surface area contributed by atoms with Crippen molar-refractivity contribution in [2.75, 3.05) is 13.1 Å². The van der Waals surface area contributed by atoms with Crippen molar-refractivity contribution in [3.05, 3.63) is 46.3 Å². The lowest BCUT2D eigenvalue weighted by Crippen LogP contribution is -2.64. The highest BCUT2D eigenvalue weighted by Crippen LogP contribution is 2.49. The number of rotatable bonds is 3. The first-order valence-corrected chi connectivity index (χ1v) is 6.71. The van der Waals surface area contributed by atoms with Gasteiger partial charge in [0.1, 0.15) is 6.61 Å². The van der Waals surface area contributed by atoms with Gasteiger partial charge in [-0.05, 0) is 23.9 Å². The fraction of sp³-hybridized carbons (Fsp3) is 0.500. The maximum Gasteiger partial charge on any atom is 0.410 e. The molecular weight excluding hydrogens is 256 g/mol. The Labute approximate surface area is 117 Å². The van der Waals surface area contributed by atoms with Crippen LogP contribution in [0.4, 0.5) is 4.79 Å². The Bertz CT molecular complexity index is 540. The smallest absolute Gasteiger partial charge is 0.410 e. The van der Waals surface area contributed by atoms with Gasteiger partial charge in [-0.2, -0.15) is 0 Å². The Morgan fingerprint density at radius 3 is 2.75 bits per heavy atom. The lowest BCUT2D eigenvalue weighted by molar-refractivity contribution is -0.0637. The summed E-state index contributed by atoms with van der Waals surface area (Å²) in [4.78, 5) is 16.4. The van der Waals surface area contributed by atoms with E-state index in [1.54, 1.807) is 4.90 Å². The summed E-state index contributed by atoms with van der Waals surface area (Å²) in [6, 6.07) is 9.75. The van der Waals surface area contributed by atoms with E-state index >= 15 is 0 Å². The van der Waals surface area contributed by atoms with Gasteiger partial charge >= 0.3 is 6.09 Å². The number of nitrogens with zero attached hydrogens (tertiary/aromatic N) is 4. The van der Waals surface area contributed by atoms with Crippen LogP contribution in [0.2, 0.25) is 0 Å². The Hall–Kier alpha value is -2.20. The average molecular weight is 272 g/mol. The fourth-order valence-corrected chi connectivity index (χ4v) is 3.06. The van der Waals surface area contributed by atoms with Crippen LogP contribution >= 0.6 is 0 Å². The summed E-state index contributed by atoms with van der Waals surface area (Å²) in [7, 11) is 0. The van der Waals surface area contributed by atoms with E-state index in [1.807, 2.05) is 30.3 Å². The van der Waals surface area contributed by atoms with Crippen molar-refractivity contribution < 1.29 is 9.53 Å². The fourth-order valence-electron chi connectivity index (χ4n) is 3.06. The summed E-state index contributed by atoms with van der Waals surface area (Å²) in [5.41, 5.74) is 9.53. The number of carbonyl (C=O) groups excluding carboxylic acids is 1. The van der Waals surface area contributed by atoms with E-state index in [4.69, 9.17) is 10.3 Å². The van der Waals surface area contributed by atoms with Crippen LogP contribution in [0.1, 0.15) is 18.4 Å². The molecule has 2 aliphatic rings. The normalized spacial score (nSPS) is 19.7. The van der Waals surface area contributed by atoms with E-state index in [0.717, 1.165) is 31.5 Å². The quantitative estimate of drug-likeness (QED) is 0.481. The third-order valence-electron chi connectivity index (χ3n) is 4.07. The van der Waals surface area contributed by atoms with Gasteiger partial charge in [-0.15, -0.1) is 0 Å². The predicted molar refractivity (Wildman–Crippen MR) is 72.8 cm³/mol. The maximum absolute atomic E-state index is 11.9. The van der Waals surface area contributed by atoms with Gasteiger partial charge in [0.15, 0.2) is 0 Å². The number of likely N-dealkylation sites (tertiary alicyclic amines) is 1. The van der Waals surface area contributed by atoms with Gasteiger partial charge in [-0.25, -0.2) is 4.79 Å². The lowest BCUT2D eigenvalue weighted by atomic mass is 9.61. The standard InChI is InChI=1S/C14H16N4O2/c15-17-16-12-6-14(7-12)9-18(10-14)13(19)20-8-11-4-2-1-3-5-11/h1-5,12H,6-10H2. The van der Waals surface area contributed by atoms with Crippen LogP contribution in [-0.4, -0.2) is 30.1 Å². The Kier molecular flexibility index (Phi) is 3.24. The van der Waals surface area contributed by atoms with Gasteiger partial charge in [-0.1, -0.05) is 35.4 Å². The molecule has 0 unspecified atom stereocenters. The van der Waals surface area contributed by atoms with Crippen LogP contribution in [0.25, 0.3) is 10.4 Å². The molecule has 104 valence electrons. The van der Waals surface area contributed by atoms with E-state index in [-0.39, 0.29) is 17.6 Å². The molecule has 6 nitrogen and oxygen atoms in total. The van der Waals surface area contributed by atoms with E-state index in [2.05, 4.69) is 10.0 Å². The summed E-state index contributed by atoms with van der Waals surface area (Å²) >= 11 is 0. The van der Waals surface area contributed by atoms with Crippen molar-refractivity contribution >= 4 is 6.09 Å². The molecule has 1 spiro atoms. The molecule has 20 heavy (non-hydrogen) atoms. The number of hydrogen-bond donors (Lipinski definition) is 0. The molecule has 2 fully saturated rings. The molecule has 3 rings (SSSR count). The molecule has 1 saturated carbocycles. The van der Waals surface area contributed by atoms with E-state index in [1.165, 1.54) is 0 Å². The van der Waals surface area contributed by atoms with Crippen LogP contribution < -0.4 is 0 Å². The van der Waals surface area contributed by atoms with E-state index in [0.29, 0.717) is 6.61 Å². The summed E-state index contributed by atoms with van der Waals surface area (Å²) in [6.45, 7) is 1.75.